The third-order valence-corrected chi connectivity index (χ3v) is 4.96. The van der Waals surface area contributed by atoms with E-state index in [1.807, 2.05) is 18.4 Å². The molecule has 0 aromatic heterocycles. The highest BCUT2D eigenvalue weighted by Gasteiger charge is 2.06. The first kappa shape index (κ1) is 9.71. The molecule has 0 fully saturated rings. The number of allylic oxidation sites excluding steroid dienone is 1. The van der Waals surface area contributed by atoms with Gasteiger partial charge in [0.25, 0.3) is 0 Å². The van der Waals surface area contributed by atoms with Gasteiger partial charge in [-0.3, -0.25) is 0 Å². The number of thioether (sulfide) groups is 3. The van der Waals surface area contributed by atoms with Crippen molar-refractivity contribution in [1.82, 2.24) is 0 Å². The average Bonchev–Trinajstić information content (AvgIpc) is 2.52. The van der Waals surface area contributed by atoms with Gasteiger partial charge in [-0.25, -0.2) is 0 Å². The van der Waals surface area contributed by atoms with Crippen LogP contribution < -0.4 is 0 Å². The lowest BCUT2D eigenvalue weighted by Gasteiger charge is -1.97. The van der Waals surface area contributed by atoms with Gasteiger partial charge in [-0.05, 0) is 23.1 Å². The standard InChI is InChI=1S/C7H8S4/c1-2-3-9-6(8)7-10-4-5-11-7/h2-5,8H,1H3/b3-2-. The van der Waals surface area contributed by atoms with Crippen LogP contribution in [0.2, 0.25) is 0 Å². The summed E-state index contributed by atoms with van der Waals surface area (Å²) >= 11 is 9.49. The molecule has 0 aromatic rings. The molecular weight excluding hydrogens is 212 g/mol. The summed E-state index contributed by atoms with van der Waals surface area (Å²) in [5.41, 5.74) is 0. The lowest BCUT2D eigenvalue weighted by molar-refractivity contribution is 1.79. The van der Waals surface area contributed by atoms with E-state index in [0.29, 0.717) is 0 Å². The van der Waals surface area contributed by atoms with Gasteiger partial charge in [0.05, 0.1) is 8.47 Å². The highest BCUT2D eigenvalue weighted by Crippen LogP contribution is 2.44. The smallest absolute Gasteiger partial charge is 0.0688 e. The van der Waals surface area contributed by atoms with Crippen molar-refractivity contribution in [3.05, 3.63) is 30.8 Å². The lowest BCUT2D eigenvalue weighted by Crippen LogP contribution is -1.63. The first-order chi connectivity index (χ1) is 5.34. The fourth-order valence-corrected chi connectivity index (χ4v) is 3.37. The summed E-state index contributed by atoms with van der Waals surface area (Å²) in [5.74, 6) is 0. The van der Waals surface area contributed by atoms with Gasteiger partial charge in [0.1, 0.15) is 0 Å². The van der Waals surface area contributed by atoms with E-state index in [2.05, 4.69) is 23.4 Å². The molecule has 1 heterocycles. The summed E-state index contributed by atoms with van der Waals surface area (Å²) in [4.78, 5) is 0. The van der Waals surface area contributed by atoms with Crippen molar-refractivity contribution < 1.29 is 0 Å². The predicted molar refractivity (Wildman–Crippen MR) is 62.7 cm³/mol. The van der Waals surface area contributed by atoms with Crippen LogP contribution in [0.3, 0.4) is 0 Å². The molecule has 0 nitrogen and oxygen atoms in total. The molecule has 0 N–H and O–H groups in total. The molecule has 0 spiro atoms. The van der Waals surface area contributed by atoms with Crippen LogP contribution in [0.15, 0.2) is 30.8 Å². The van der Waals surface area contributed by atoms with Crippen LogP contribution >= 0.6 is 47.9 Å². The summed E-state index contributed by atoms with van der Waals surface area (Å²) in [5, 5.41) is 6.19. The van der Waals surface area contributed by atoms with Gasteiger partial charge in [0.2, 0.25) is 0 Å². The van der Waals surface area contributed by atoms with Crippen molar-refractivity contribution in [1.29, 1.82) is 0 Å². The normalized spacial score (nSPS) is 16.7. The second kappa shape index (κ2) is 5.30. The van der Waals surface area contributed by atoms with Crippen LogP contribution in [0.4, 0.5) is 0 Å². The van der Waals surface area contributed by atoms with E-state index in [0.717, 1.165) is 4.24 Å². The van der Waals surface area contributed by atoms with Crippen LogP contribution in [-0.4, -0.2) is 0 Å². The predicted octanol–water partition coefficient (Wildman–Crippen LogP) is 4.26. The third-order valence-electron chi connectivity index (χ3n) is 0.896. The highest BCUT2D eigenvalue weighted by molar-refractivity contribution is 8.30. The monoisotopic (exact) mass is 220 g/mol. The Kier molecular flexibility index (Phi) is 4.67. The number of hydrogen-bond donors (Lipinski definition) is 1. The zero-order valence-electron chi connectivity index (χ0n) is 5.98. The molecular formula is C7H8S4. The van der Waals surface area contributed by atoms with E-state index in [1.54, 1.807) is 35.3 Å². The largest absolute Gasteiger partial charge is 0.135 e. The molecule has 0 aliphatic carbocycles. The summed E-state index contributed by atoms with van der Waals surface area (Å²) in [7, 11) is 0. The molecule has 4 heteroatoms. The Morgan fingerprint density at radius 2 is 2.18 bits per heavy atom. The highest BCUT2D eigenvalue weighted by atomic mass is 32.2. The summed E-state index contributed by atoms with van der Waals surface area (Å²) in [6.07, 6.45) is 2.01. The molecule has 11 heavy (non-hydrogen) atoms. The molecule has 0 atom stereocenters. The van der Waals surface area contributed by atoms with Crippen LogP contribution in [0.5, 0.6) is 0 Å². The fraction of sp³-hybridized carbons (Fsp3) is 0.143. The minimum Gasteiger partial charge on any atom is -0.135 e. The van der Waals surface area contributed by atoms with Gasteiger partial charge in [-0.1, -0.05) is 41.4 Å². The molecule has 1 aliphatic rings. The maximum atomic E-state index is 4.37. The lowest BCUT2D eigenvalue weighted by atomic mass is 10.8. The maximum absolute atomic E-state index is 4.37. The van der Waals surface area contributed by atoms with E-state index in [4.69, 9.17) is 0 Å². The van der Waals surface area contributed by atoms with Crippen LogP contribution in [0.25, 0.3) is 0 Å². The van der Waals surface area contributed by atoms with E-state index < -0.39 is 0 Å². The van der Waals surface area contributed by atoms with E-state index in [-0.39, 0.29) is 0 Å². The molecule has 0 bridgehead atoms. The molecule has 0 saturated carbocycles. The zero-order chi connectivity index (χ0) is 8.10. The quantitative estimate of drug-likeness (QED) is 0.691. The summed E-state index contributed by atoms with van der Waals surface area (Å²) in [6, 6.07) is 0. The first-order valence-corrected chi connectivity index (χ1v) is 6.12. The second-order valence-electron chi connectivity index (χ2n) is 1.69. The average molecular weight is 220 g/mol. The molecule has 0 saturated heterocycles. The van der Waals surface area contributed by atoms with Crippen LogP contribution in [0.1, 0.15) is 6.92 Å². The topological polar surface area (TPSA) is 0 Å². The zero-order valence-corrected chi connectivity index (χ0v) is 9.33. The second-order valence-corrected chi connectivity index (χ2v) is 5.44. The SMILES string of the molecule is C/C=C\SC(S)=C1SC=CS1. The van der Waals surface area contributed by atoms with Crippen molar-refractivity contribution in [2.75, 3.05) is 0 Å². The van der Waals surface area contributed by atoms with Crippen LogP contribution in [-0.2, 0) is 0 Å². The minimum atomic E-state index is 1.09. The molecule has 0 amide bonds. The van der Waals surface area contributed by atoms with Gasteiger partial charge in [0, 0.05) is 0 Å². The van der Waals surface area contributed by atoms with Gasteiger partial charge < -0.3 is 0 Å². The number of thiol groups is 1. The molecule has 0 aromatic carbocycles. The van der Waals surface area contributed by atoms with Crippen molar-refractivity contribution in [2.24, 2.45) is 0 Å². The summed E-state index contributed by atoms with van der Waals surface area (Å²) in [6.45, 7) is 2.01. The molecule has 0 unspecified atom stereocenters. The molecule has 0 radical (unpaired) electrons. The van der Waals surface area contributed by atoms with Crippen molar-refractivity contribution in [2.45, 2.75) is 6.92 Å². The molecule has 1 rings (SSSR count). The summed E-state index contributed by atoms with van der Waals surface area (Å²) < 4.78 is 2.36. The van der Waals surface area contributed by atoms with Crippen molar-refractivity contribution in [3.63, 3.8) is 0 Å². The molecule has 60 valence electrons. The van der Waals surface area contributed by atoms with Gasteiger partial charge in [0.15, 0.2) is 0 Å². The van der Waals surface area contributed by atoms with Crippen molar-refractivity contribution >= 4 is 47.9 Å². The fourth-order valence-electron chi connectivity index (χ4n) is 0.488. The Bertz CT molecular complexity index is 204. The van der Waals surface area contributed by atoms with E-state index in [1.165, 1.54) is 4.24 Å². The number of hydrogen-bond acceptors (Lipinski definition) is 4. The van der Waals surface area contributed by atoms with Gasteiger partial charge in [-0.15, -0.1) is 12.6 Å². The Labute approximate surface area is 85.4 Å². The van der Waals surface area contributed by atoms with Crippen LogP contribution in [0, 0.1) is 0 Å². The minimum absolute atomic E-state index is 1.09. The van der Waals surface area contributed by atoms with E-state index >= 15 is 0 Å². The maximum Gasteiger partial charge on any atom is 0.0688 e. The first-order valence-electron chi connectivity index (χ1n) is 3.04. The van der Waals surface area contributed by atoms with Crippen molar-refractivity contribution in [3.8, 4) is 0 Å². The Morgan fingerprint density at radius 3 is 2.73 bits per heavy atom. The van der Waals surface area contributed by atoms with Gasteiger partial charge >= 0.3 is 0 Å². The molecule has 1 aliphatic heterocycles. The Balaban J connectivity index is 2.50. The van der Waals surface area contributed by atoms with E-state index in [9.17, 15) is 0 Å². The van der Waals surface area contributed by atoms with Gasteiger partial charge in [-0.2, -0.15) is 0 Å². The number of rotatable bonds is 2. The Morgan fingerprint density at radius 1 is 1.55 bits per heavy atom. The third kappa shape index (κ3) is 3.23. The Hall–Kier alpha value is 0.620.